The van der Waals surface area contributed by atoms with Gasteiger partial charge in [-0.1, -0.05) is 0 Å². The normalized spacial score (nSPS) is 17.3. The largest absolute Gasteiger partial charge is 0.507 e. The van der Waals surface area contributed by atoms with Crippen LogP contribution in [0.25, 0.3) is 22.0 Å². The highest BCUT2D eigenvalue weighted by Gasteiger charge is 2.20. The van der Waals surface area contributed by atoms with E-state index >= 15 is 0 Å². The Labute approximate surface area is 149 Å². The number of hydrogen-bond acceptors (Lipinski definition) is 5. The third-order valence-electron chi connectivity index (χ3n) is 4.45. The zero-order valence-electron chi connectivity index (χ0n) is 13.9. The van der Waals surface area contributed by atoms with E-state index in [1.807, 2.05) is 10.7 Å². The second-order valence-electron chi connectivity index (χ2n) is 6.20. The van der Waals surface area contributed by atoms with E-state index in [0.717, 1.165) is 36.8 Å². The lowest BCUT2D eigenvalue weighted by atomic mass is 10.0. The Balaban J connectivity index is 1.72. The molecule has 0 radical (unpaired) electrons. The van der Waals surface area contributed by atoms with E-state index in [9.17, 15) is 9.90 Å². The van der Waals surface area contributed by atoms with Crippen LogP contribution in [0.5, 0.6) is 5.75 Å². The van der Waals surface area contributed by atoms with Crippen LogP contribution < -0.4 is 5.32 Å². The van der Waals surface area contributed by atoms with Crippen molar-refractivity contribution in [2.45, 2.75) is 25.5 Å². The number of carbonyl (C=O) groups is 1. The van der Waals surface area contributed by atoms with Gasteiger partial charge in [0.15, 0.2) is 6.23 Å². The maximum atomic E-state index is 10.7. The van der Waals surface area contributed by atoms with Gasteiger partial charge in [-0.05, 0) is 43.5 Å². The Kier molecular flexibility index (Phi) is 4.18. The van der Waals surface area contributed by atoms with Crippen LogP contribution in [0.3, 0.4) is 0 Å². The summed E-state index contributed by atoms with van der Waals surface area (Å²) in [5.74, 6) is 0.338. The molecule has 0 bridgehead atoms. The van der Waals surface area contributed by atoms with Crippen LogP contribution in [0.2, 0.25) is 0 Å². The summed E-state index contributed by atoms with van der Waals surface area (Å²) in [6.07, 6.45) is 5.02. The van der Waals surface area contributed by atoms with E-state index in [2.05, 4.69) is 15.4 Å². The van der Waals surface area contributed by atoms with Gasteiger partial charge in [-0.3, -0.25) is 5.32 Å². The number of hydrogen-bond donors (Lipinski definition) is 3. The first-order valence-corrected chi connectivity index (χ1v) is 8.40. The van der Waals surface area contributed by atoms with Crippen LogP contribution in [0.1, 0.15) is 25.5 Å². The summed E-state index contributed by atoms with van der Waals surface area (Å²) in [7, 11) is 0. The lowest BCUT2D eigenvalue weighted by Crippen LogP contribution is -2.18. The molecule has 26 heavy (non-hydrogen) atoms. The highest BCUT2D eigenvalue weighted by atomic mass is 16.5. The van der Waals surface area contributed by atoms with Crippen LogP contribution in [-0.2, 0) is 4.74 Å². The molecule has 8 nitrogen and oxygen atoms in total. The van der Waals surface area contributed by atoms with Crippen molar-refractivity contribution in [2.24, 2.45) is 0 Å². The number of nitrogens with one attached hydrogen (secondary N) is 1. The predicted octanol–water partition coefficient (Wildman–Crippen LogP) is 3.59. The molecule has 1 aromatic carbocycles. The second-order valence-corrected chi connectivity index (χ2v) is 6.20. The molecular formula is C18H18N4O4. The average molecular weight is 354 g/mol. The third kappa shape index (κ3) is 3.06. The standard InChI is InChI=1S/C18H18N4O4/c23-15-7-12-10-20-22(17-3-1-2-6-26-17)14(12)8-13(15)11-4-5-16(19-9-11)21-18(24)25/h4-5,7-10,17,23H,1-3,6H2,(H,19,21)(H,24,25). The zero-order chi connectivity index (χ0) is 18.1. The number of phenolic OH excluding ortho intramolecular Hbond substituents is 1. The Morgan fingerprint density at radius 1 is 1.27 bits per heavy atom. The van der Waals surface area contributed by atoms with Crippen molar-refractivity contribution in [3.63, 3.8) is 0 Å². The molecule has 1 atom stereocenters. The molecule has 3 N–H and O–H groups in total. The summed E-state index contributed by atoms with van der Waals surface area (Å²) in [4.78, 5) is 14.7. The molecule has 3 heterocycles. The van der Waals surface area contributed by atoms with Gasteiger partial charge in [0.25, 0.3) is 0 Å². The molecule has 1 amide bonds. The summed E-state index contributed by atoms with van der Waals surface area (Å²) in [6, 6.07) is 6.78. The summed E-state index contributed by atoms with van der Waals surface area (Å²) in [6.45, 7) is 0.721. The Bertz CT molecular complexity index is 946. The SMILES string of the molecule is O=C(O)Nc1ccc(-c2cc3c(cnn3C3CCCCO3)cc2O)cn1. The van der Waals surface area contributed by atoms with E-state index in [0.29, 0.717) is 11.1 Å². The Morgan fingerprint density at radius 3 is 2.85 bits per heavy atom. The number of amides is 1. The van der Waals surface area contributed by atoms with Crippen molar-refractivity contribution < 1.29 is 19.7 Å². The molecule has 1 saturated heterocycles. The van der Waals surface area contributed by atoms with Gasteiger partial charge in [0, 0.05) is 29.3 Å². The minimum atomic E-state index is -1.18. The van der Waals surface area contributed by atoms with Crippen LogP contribution in [0.4, 0.5) is 10.6 Å². The minimum Gasteiger partial charge on any atom is -0.507 e. The summed E-state index contributed by atoms with van der Waals surface area (Å²) in [5, 5.41) is 26.6. The molecule has 1 fully saturated rings. The van der Waals surface area contributed by atoms with E-state index < -0.39 is 6.09 Å². The van der Waals surface area contributed by atoms with Crippen LogP contribution in [0, 0.1) is 0 Å². The first kappa shape index (κ1) is 16.3. The fourth-order valence-electron chi connectivity index (χ4n) is 3.20. The number of nitrogens with zero attached hydrogens (tertiary/aromatic N) is 3. The molecule has 4 rings (SSSR count). The van der Waals surface area contributed by atoms with Crippen molar-refractivity contribution in [1.29, 1.82) is 0 Å². The number of carboxylic acid groups (broad SMARTS) is 1. The van der Waals surface area contributed by atoms with Crippen molar-refractivity contribution in [3.8, 4) is 16.9 Å². The van der Waals surface area contributed by atoms with Crippen molar-refractivity contribution in [1.82, 2.24) is 14.8 Å². The summed E-state index contributed by atoms with van der Waals surface area (Å²) in [5.41, 5.74) is 2.15. The number of benzene rings is 1. The number of aromatic hydroxyl groups is 1. The molecule has 1 aliphatic heterocycles. The molecular weight excluding hydrogens is 336 g/mol. The van der Waals surface area contributed by atoms with E-state index in [-0.39, 0.29) is 17.8 Å². The van der Waals surface area contributed by atoms with Crippen molar-refractivity contribution in [3.05, 3.63) is 36.7 Å². The predicted molar refractivity (Wildman–Crippen MR) is 95.1 cm³/mol. The van der Waals surface area contributed by atoms with Crippen LogP contribution in [-0.4, -0.2) is 37.7 Å². The van der Waals surface area contributed by atoms with E-state index in [1.165, 1.54) is 6.20 Å². The number of ether oxygens (including phenoxy) is 1. The fraction of sp³-hybridized carbons (Fsp3) is 0.278. The number of phenols is 1. The van der Waals surface area contributed by atoms with Crippen LogP contribution >= 0.6 is 0 Å². The number of fused-ring (bicyclic) bond motifs is 1. The van der Waals surface area contributed by atoms with Gasteiger partial charge in [-0.2, -0.15) is 5.10 Å². The van der Waals surface area contributed by atoms with Gasteiger partial charge < -0.3 is 14.9 Å². The minimum absolute atomic E-state index is 0.0982. The monoisotopic (exact) mass is 354 g/mol. The quantitative estimate of drug-likeness (QED) is 0.663. The van der Waals surface area contributed by atoms with Gasteiger partial charge in [0.1, 0.15) is 11.6 Å². The summed E-state index contributed by atoms with van der Waals surface area (Å²) < 4.78 is 7.67. The molecule has 1 aliphatic rings. The molecule has 8 heteroatoms. The number of rotatable bonds is 3. The Hall–Kier alpha value is -3.13. The molecule has 134 valence electrons. The van der Waals surface area contributed by atoms with Gasteiger partial charge in [-0.25, -0.2) is 14.5 Å². The third-order valence-corrected chi connectivity index (χ3v) is 4.45. The van der Waals surface area contributed by atoms with Gasteiger partial charge in [0.05, 0.1) is 11.7 Å². The number of pyridine rings is 1. The van der Waals surface area contributed by atoms with Gasteiger partial charge >= 0.3 is 6.09 Å². The molecule has 0 spiro atoms. The van der Waals surface area contributed by atoms with Crippen LogP contribution in [0.15, 0.2) is 36.7 Å². The van der Waals surface area contributed by atoms with Crippen molar-refractivity contribution >= 4 is 22.8 Å². The zero-order valence-corrected chi connectivity index (χ0v) is 13.9. The lowest BCUT2D eigenvalue weighted by molar-refractivity contribution is -0.0366. The highest BCUT2D eigenvalue weighted by Crippen LogP contribution is 2.35. The molecule has 0 aliphatic carbocycles. The number of aromatic nitrogens is 3. The van der Waals surface area contributed by atoms with Gasteiger partial charge in [-0.15, -0.1) is 0 Å². The smallest absolute Gasteiger partial charge is 0.410 e. The number of anilines is 1. The second kappa shape index (κ2) is 6.64. The topological polar surface area (TPSA) is 110 Å². The molecule has 3 aromatic rings. The molecule has 0 saturated carbocycles. The molecule has 2 aromatic heterocycles. The van der Waals surface area contributed by atoms with E-state index in [1.54, 1.807) is 24.4 Å². The molecule has 1 unspecified atom stereocenters. The average Bonchev–Trinajstić information content (AvgIpc) is 3.05. The lowest BCUT2D eigenvalue weighted by Gasteiger charge is -2.23. The maximum Gasteiger partial charge on any atom is 0.410 e. The maximum absolute atomic E-state index is 10.7. The highest BCUT2D eigenvalue weighted by molar-refractivity contribution is 5.88. The van der Waals surface area contributed by atoms with Gasteiger partial charge in [0.2, 0.25) is 0 Å². The van der Waals surface area contributed by atoms with Crippen molar-refractivity contribution in [2.75, 3.05) is 11.9 Å². The van der Waals surface area contributed by atoms with E-state index in [4.69, 9.17) is 9.84 Å². The first-order chi connectivity index (χ1) is 12.6. The first-order valence-electron chi connectivity index (χ1n) is 8.40. The Morgan fingerprint density at radius 2 is 2.15 bits per heavy atom. The fourth-order valence-corrected chi connectivity index (χ4v) is 3.20. The summed E-state index contributed by atoms with van der Waals surface area (Å²) >= 11 is 0.